The van der Waals surface area contributed by atoms with Crippen LogP contribution in [0.5, 0.6) is 0 Å². The van der Waals surface area contributed by atoms with Crippen molar-refractivity contribution in [2.24, 2.45) is 39.4 Å². The highest BCUT2D eigenvalue weighted by molar-refractivity contribution is 5.85. The second-order valence-corrected chi connectivity index (χ2v) is 12.2. The van der Waals surface area contributed by atoms with Crippen LogP contribution in [-0.4, -0.2) is 17.9 Å². The normalized spacial score (nSPS) is 51.0. The Bertz CT molecular complexity index is 794. The number of Topliss-reactive ketones (excluding diaryl/α,β-unsaturated/α-hetero) is 1. The Morgan fingerprint density at radius 2 is 1.69 bits per heavy atom. The minimum atomic E-state index is -0.201. The lowest BCUT2D eigenvalue weighted by Crippen LogP contribution is -2.57. The van der Waals surface area contributed by atoms with Crippen molar-refractivity contribution in [2.45, 2.75) is 98.5 Å². The maximum absolute atomic E-state index is 12.7. The van der Waals surface area contributed by atoms with Crippen molar-refractivity contribution in [1.29, 1.82) is 0 Å². The van der Waals surface area contributed by atoms with E-state index < -0.39 is 0 Å². The Kier molecular flexibility index (Phi) is 4.09. The molecule has 7 atom stereocenters. The van der Waals surface area contributed by atoms with Gasteiger partial charge in [-0.05, 0) is 73.0 Å². The van der Waals surface area contributed by atoms with Gasteiger partial charge in [-0.15, -0.1) is 0 Å². The van der Waals surface area contributed by atoms with Crippen molar-refractivity contribution < 1.29 is 14.3 Å². The first-order valence-corrected chi connectivity index (χ1v) is 12.0. The molecule has 5 rings (SSSR count). The van der Waals surface area contributed by atoms with Gasteiger partial charge in [-0.2, -0.15) is 0 Å². The van der Waals surface area contributed by atoms with E-state index in [1.807, 2.05) is 0 Å². The van der Waals surface area contributed by atoms with Crippen LogP contribution < -0.4 is 0 Å². The third kappa shape index (κ3) is 2.36. The van der Waals surface area contributed by atoms with E-state index in [9.17, 15) is 9.59 Å². The molecule has 0 amide bonds. The lowest BCUT2D eigenvalue weighted by molar-refractivity contribution is -0.149. The molecule has 0 N–H and O–H groups in total. The van der Waals surface area contributed by atoms with Gasteiger partial charge in [0.1, 0.15) is 11.9 Å². The van der Waals surface area contributed by atoms with Gasteiger partial charge in [0, 0.05) is 24.2 Å². The monoisotopic (exact) mass is 398 g/mol. The molecule has 1 aliphatic heterocycles. The molecule has 0 unspecified atom stereocenters. The Balaban J connectivity index is 1.52. The van der Waals surface area contributed by atoms with Gasteiger partial charge in [0.25, 0.3) is 0 Å². The van der Waals surface area contributed by atoms with E-state index in [2.05, 4.69) is 40.7 Å². The van der Waals surface area contributed by atoms with Crippen LogP contribution in [0.15, 0.2) is 11.6 Å². The Hall–Kier alpha value is -1.12. The average Bonchev–Trinajstić information content (AvgIpc) is 3.19. The summed E-state index contributed by atoms with van der Waals surface area (Å²) in [5.74, 6) is 2.04. The van der Waals surface area contributed by atoms with Crippen LogP contribution in [0, 0.1) is 39.4 Å². The van der Waals surface area contributed by atoms with Crippen molar-refractivity contribution in [3.63, 3.8) is 0 Å². The summed E-state index contributed by atoms with van der Waals surface area (Å²) in [4.78, 5) is 24.5. The molecule has 3 nitrogen and oxygen atoms in total. The summed E-state index contributed by atoms with van der Waals surface area (Å²) in [6.07, 6.45) is 11.9. The van der Waals surface area contributed by atoms with Crippen LogP contribution >= 0.6 is 0 Å². The zero-order valence-electron chi connectivity index (χ0n) is 19.0. The fraction of sp³-hybridized carbons (Fsp3) is 0.846. The van der Waals surface area contributed by atoms with Crippen LogP contribution in [0.4, 0.5) is 0 Å². The van der Waals surface area contributed by atoms with E-state index in [1.165, 1.54) is 25.7 Å². The van der Waals surface area contributed by atoms with Gasteiger partial charge in [-0.1, -0.05) is 46.3 Å². The van der Waals surface area contributed by atoms with Gasteiger partial charge in [0.05, 0.1) is 0 Å². The molecule has 3 heteroatoms. The fourth-order valence-corrected chi connectivity index (χ4v) is 8.98. The van der Waals surface area contributed by atoms with E-state index in [4.69, 9.17) is 4.74 Å². The number of ether oxygens (including phenoxy) is 1. The summed E-state index contributed by atoms with van der Waals surface area (Å²) >= 11 is 0. The second kappa shape index (κ2) is 5.98. The average molecular weight is 399 g/mol. The minimum absolute atomic E-state index is 0.00206. The maximum atomic E-state index is 12.7. The molecule has 29 heavy (non-hydrogen) atoms. The molecular formula is C26H38O3. The molecular weight excluding hydrogens is 360 g/mol. The lowest BCUT2D eigenvalue weighted by Gasteiger charge is -2.63. The number of allylic oxidation sites excluding steroid dienone is 2. The first-order valence-electron chi connectivity index (χ1n) is 12.0. The molecule has 0 aromatic rings. The summed E-state index contributed by atoms with van der Waals surface area (Å²) < 4.78 is 5.79. The quantitative estimate of drug-likeness (QED) is 0.410. The van der Waals surface area contributed by atoms with Crippen LogP contribution in [-0.2, 0) is 14.3 Å². The van der Waals surface area contributed by atoms with Crippen LogP contribution in [0.3, 0.4) is 0 Å². The van der Waals surface area contributed by atoms with Gasteiger partial charge in [-0.25, -0.2) is 0 Å². The van der Waals surface area contributed by atoms with E-state index in [-0.39, 0.29) is 33.7 Å². The lowest BCUT2D eigenvalue weighted by atomic mass is 9.41. The number of cyclic esters (lactones) is 1. The van der Waals surface area contributed by atoms with Crippen LogP contribution in [0.1, 0.15) is 92.4 Å². The largest absolute Gasteiger partial charge is 0.462 e. The zero-order chi connectivity index (χ0) is 20.8. The zero-order valence-corrected chi connectivity index (χ0v) is 19.0. The Morgan fingerprint density at radius 3 is 2.38 bits per heavy atom. The van der Waals surface area contributed by atoms with Crippen LogP contribution in [0.25, 0.3) is 0 Å². The predicted octanol–water partition coefficient (Wildman–Crippen LogP) is 5.87. The summed E-state index contributed by atoms with van der Waals surface area (Å²) in [6.45, 7) is 11.9. The Morgan fingerprint density at radius 1 is 0.931 bits per heavy atom. The van der Waals surface area contributed by atoms with E-state index in [0.29, 0.717) is 30.0 Å². The molecule has 1 saturated heterocycles. The number of ketones is 1. The summed E-state index contributed by atoms with van der Waals surface area (Å²) in [5, 5.41) is 0. The number of hydrogen-bond acceptors (Lipinski definition) is 3. The number of rotatable bonds is 1. The molecule has 160 valence electrons. The molecule has 0 aromatic carbocycles. The summed E-state index contributed by atoms with van der Waals surface area (Å²) in [5.41, 5.74) is 2.15. The van der Waals surface area contributed by atoms with E-state index in [0.717, 1.165) is 25.7 Å². The molecule has 0 spiro atoms. The van der Waals surface area contributed by atoms with Crippen molar-refractivity contribution >= 4 is 11.8 Å². The highest BCUT2D eigenvalue weighted by atomic mass is 16.5. The first kappa shape index (κ1) is 19.8. The fourth-order valence-electron chi connectivity index (χ4n) is 8.98. The third-order valence-corrected chi connectivity index (χ3v) is 11.0. The topological polar surface area (TPSA) is 43.4 Å². The van der Waals surface area contributed by atoms with E-state index in [1.54, 1.807) is 5.57 Å². The molecule has 1 heterocycles. The Labute approximate surface area is 176 Å². The smallest absolute Gasteiger partial charge is 0.306 e. The molecule has 5 aliphatic rings. The predicted molar refractivity (Wildman–Crippen MR) is 113 cm³/mol. The number of fused-ring (bicyclic) bond motifs is 5. The van der Waals surface area contributed by atoms with Crippen molar-refractivity contribution in [2.75, 3.05) is 0 Å². The first-order chi connectivity index (χ1) is 13.5. The van der Waals surface area contributed by atoms with Crippen LogP contribution in [0.2, 0.25) is 0 Å². The number of esters is 1. The van der Waals surface area contributed by atoms with Crippen molar-refractivity contribution in [1.82, 2.24) is 0 Å². The van der Waals surface area contributed by atoms with Gasteiger partial charge in [0.15, 0.2) is 0 Å². The standard InChI is InChI=1S/C26H38O3/c1-23(2)20-8-6-17-16(24(20,3)13-12-21(23)27)10-14-26(5)18(11-15-25(17,26)4)19-7-9-22(28)29-19/h6,16,18-20H,7-15H2,1-5H3/t16-,18+,19+,20-,24+,25+,26-/m0/s1. The molecule has 4 aliphatic carbocycles. The molecule has 0 bridgehead atoms. The van der Waals surface area contributed by atoms with Gasteiger partial charge in [0.2, 0.25) is 0 Å². The minimum Gasteiger partial charge on any atom is -0.462 e. The number of carbonyl (C=O) groups is 2. The van der Waals surface area contributed by atoms with E-state index >= 15 is 0 Å². The van der Waals surface area contributed by atoms with Crippen molar-refractivity contribution in [3.8, 4) is 0 Å². The van der Waals surface area contributed by atoms with Gasteiger partial charge >= 0.3 is 5.97 Å². The second-order valence-electron chi connectivity index (χ2n) is 12.2. The number of hydrogen-bond donors (Lipinski definition) is 0. The highest BCUT2D eigenvalue weighted by Crippen LogP contribution is 2.72. The van der Waals surface area contributed by atoms with Gasteiger partial charge < -0.3 is 4.74 Å². The molecule has 3 saturated carbocycles. The molecule has 0 aromatic heterocycles. The molecule has 0 radical (unpaired) electrons. The SMILES string of the molecule is CC1(C)C(=O)CC[C@]2(C)[C@H]3CC[C@@]4(C)[C@@H]([C@H]5CCC(=O)O5)CC[C@]4(C)C3=CC[C@@H]12. The summed E-state index contributed by atoms with van der Waals surface area (Å²) in [6, 6.07) is 0. The number of carbonyl (C=O) groups excluding carboxylic acids is 2. The maximum Gasteiger partial charge on any atom is 0.306 e. The van der Waals surface area contributed by atoms with Crippen molar-refractivity contribution in [3.05, 3.63) is 11.6 Å². The highest BCUT2D eigenvalue weighted by Gasteiger charge is 2.66. The van der Waals surface area contributed by atoms with Gasteiger partial charge in [-0.3, -0.25) is 9.59 Å². The third-order valence-electron chi connectivity index (χ3n) is 11.0. The molecule has 4 fully saturated rings. The summed E-state index contributed by atoms with van der Waals surface area (Å²) in [7, 11) is 0.